The molecule has 0 unspecified atom stereocenters. The van der Waals surface area contributed by atoms with E-state index in [1.807, 2.05) is 6.07 Å². The second-order valence-corrected chi connectivity index (χ2v) is 16.1. The number of hydrogen-bond acceptors (Lipinski definition) is 11. The molecule has 0 saturated heterocycles. The lowest BCUT2D eigenvalue weighted by Crippen LogP contribution is -2.38. The maximum Gasteiger partial charge on any atom is 0.416 e. The predicted molar refractivity (Wildman–Crippen MR) is 186 cm³/mol. The Kier molecular flexibility index (Phi) is 11.3. The predicted octanol–water partition coefficient (Wildman–Crippen LogP) is 5.03. The molecule has 13 nitrogen and oxygen atoms in total. The van der Waals surface area contributed by atoms with E-state index in [1.165, 1.54) is 60.4 Å². The van der Waals surface area contributed by atoms with Crippen molar-refractivity contribution in [1.82, 2.24) is 14.3 Å². The summed E-state index contributed by atoms with van der Waals surface area (Å²) in [5.41, 5.74) is -0.318. The second kappa shape index (κ2) is 15.4. The van der Waals surface area contributed by atoms with Crippen LogP contribution in [0.4, 0.5) is 24.8 Å². The molecule has 3 aromatic carbocycles. The maximum absolute atomic E-state index is 14.1. The number of anilines is 2. The summed E-state index contributed by atoms with van der Waals surface area (Å²) in [5, 5.41) is 13.8. The molecule has 0 aliphatic carbocycles. The number of esters is 1. The van der Waals surface area contributed by atoms with E-state index in [4.69, 9.17) is 8.92 Å². The van der Waals surface area contributed by atoms with Crippen LogP contribution in [0, 0.1) is 18.3 Å². The molecule has 2 heterocycles. The summed E-state index contributed by atoms with van der Waals surface area (Å²) in [6.45, 7) is 2.65. The molecule has 0 fully saturated rings. The number of hydrogen-bond donors (Lipinski definition) is 0. The Hall–Kier alpha value is -5.25. The summed E-state index contributed by atoms with van der Waals surface area (Å²) in [5.74, 6) is -1.83. The first-order valence-electron chi connectivity index (χ1n) is 16.1. The van der Waals surface area contributed by atoms with Crippen LogP contribution in [0.3, 0.4) is 0 Å². The minimum Gasteiger partial charge on any atom is -0.466 e. The molecule has 0 spiro atoms. The molecule has 53 heavy (non-hydrogen) atoms. The van der Waals surface area contributed by atoms with Crippen molar-refractivity contribution in [3.63, 3.8) is 0 Å². The number of carbonyl (C=O) groups excluding carboxylic acids is 1. The lowest BCUT2D eigenvalue weighted by atomic mass is 9.93. The number of ether oxygens (including phenoxy) is 1. The van der Waals surface area contributed by atoms with E-state index < -0.39 is 60.9 Å². The average molecular weight is 774 g/mol. The number of carbonyl (C=O) groups is 1. The van der Waals surface area contributed by atoms with E-state index >= 15 is 0 Å². The number of sulfone groups is 1. The maximum atomic E-state index is 14.1. The Morgan fingerprint density at radius 1 is 0.962 bits per heavy atom. The van der Waals surface area contributed by atoms with Gasteiger partial charge in [-0.05, 0) is 74.7 Å². The minimum absolute atomic E-state index is 0.0590. The molecule has 0 amide bonds. The van der Waals surface area contributed by atoms with Gasteiger partial charge < -0.3 is 4.74 Å². The van der Waals surface area contributed by atoms with Gasteiger partial charge in [-0.1, -0.05) is 35.9 Å². The van der Waals surface area contributed by atoms with Gasteiger partial charge >= 0.3 is 17.8 Å². The molecule has 0 bridgehead atoms. The first kappa shape index (κ1) is 39.0. The molecule has 4 aromatic rings. The van der Waals surface area contributed by atoms with Gasteiger partial charge in [0.15, 0.2) is 0 Å². The van der Waals surface area contributed by atoms with Crippen LogP contribution in [0.5, 0.6) is 0 Å². The van der Waals surface area contributed by atoms with Crippen molar-refractivity contribution in [2.75, 3.05) is 30.1 Å². The number of nitriles is 1. The van der Waals surface area contributed by atoms with Crippen LogP contribution in [-0.4, -0.2) is 62.4 Å². The van der Waals surface area contributed by atoms with E-state index in [0.29, 0.717) is 11.1 Å². The highest BCUT2D eigenvalue weighted by atomic mass is 32.2. The fourth-order valence-corrected chi connectivity index (χ4v) is 8.12. The fraction of sp³-hybridized carbons (Fsp3) is 0.314. The Labute approximate surface area is 303 Å². The normalized spacial score (nSPS) is 14.9. The van der Waals surface area contributed by atoms with Crippen molar-refractivity contribution in [3.05, 3.63) is 117 Å². The molecule has 18 heteroatoms. The summed E-state index contributed by atoms with van der Waals surface area (Å²) in [7, 11) is -6.72. The highest BCUT2D eigenvalue weighted by Gasteiger charge is 2.41. The van der Waals surface area contributed by atoms with Crippen molar-refractivity contribution in [3.8, 4) is 6.07 Å². The Morgan fingerprint density at radius 3 is 2.25 bits per heavy atom. The summed E-state index contributed by atoms with van der Waals surface area (Å²) >= 11 is 0. The topological polar surface area (TPSA) is 171 Å². The average Bonchev–Trinajstić information content (AvgIpc) is 3.43. The molecule has 0 radical (unpaired) electrons. The van der Waals surface area contributed by atoms with Crippen LogP contribution < -0.4 is 10.6 Å². The third-order valence-electron chi connectivity index (χ3n) is 8.47. The van der Waals surface area contributed by atoms with Crippen molar-refractivity contribution in [2.24, 2.45) is 0 Å². The SMILES string of the molecule is COC(=O)C1=C(C)N(c2cccc(C(F)(F)F)c2)c2nn(CCCS(=O)(=O)CCCOS(=O)(=O)c3ccc(C)cc3)c(=O)n2[C@@H]1c1ccc(C#N)cc1. The van der Waals surface area contributed by atoms with Gasteiger partial charge in [-0.25, -0.2) is 27.3 Å². The number of methoxy groups -OCH3 is 1. The van der Waals surface area contributed by atoms with Crippen molar-refractivity contribution < 1.29 is 43.7 Å². The minimum atomic E-state index is -4.72. The first-order chi connectivity index (χ1) is 25.0. The van der Waals surface area contributed by atoms with E-state index in [2.05, 4.69) is 5.10 Å². The van der Waals surface area contributed by atoms with Crippen LogP contribution in [0.15, 0.2) is 93.8 Å². The Morgan fingerprint density at radius 2 is 1.62 bits per heavy atom. The lowest BCUT2D eigenvalue weighted by molar-refractivity contribution is -0.138. The zero-order valence-corrected chi connectivity index (χ0v) is 30.3. The number of aryl methyl sites for hydroxylation is 2. The van der Waals surface area contributed by atoms with Crippen LogP contribution in [0.25, 0.3) is 0 Å². The quantitative estimate of drug-likeness (QED) is 0.101. The van der Waals surface area contributed by atoms with Gasteiger partial charge in [-0.3, -0.25) is 9.08 Å². The summed E-state index contributed by atoms with van der Waals surface area (Å²) in [6, 6.07) is 17.0. The zero-order valence-electron chi connectivity index (χ0n) is 28.7. The van der Waals surface area contributed by atoms with Crippen molar-refractivity contribution in [1.29, 1.82) is 5.26 Å². The highest BCUT2D eigenvalue weighted by molar-refractivity contribution is 7.91. The number of benzene rings is 3. The number of nitrogens with zero attached hydrogens (tertiary/aromatic N) is 5. The van der Waals surface area contributed by atoms with Gasteiger partial charge in [0.25, 0.3) is 10.1 Å². The van der Waals surface area contributed by atoms with E-state index in [-0.39, 0.29) is 53.8 Å². The van der Waals surface area contributed by atoms with Crippen molar-refractivity contribution in [2.45, 2.75) is 50.3 Å². The summed E-state index contributed by atoms with van der Waals surface area (Å²) in [4.78, 5) is 28.6. The molecule has 1 aromatic heterocycles. The number of rotatable bonds is 13. The molecule has 280 valence electrons. The third kappa shape index (κ3) is 8.53. The van der Waals surface area contributed by atoms with E-state index in [1.54, 1.807) is 19.1 Å². The van der Waals surface area contributed by atoms with Gasteiger partial charge in [0.1, 0.15) is 15.9 Å². The van der Waals surface area contributed by atoms with E-state index in [0.717, 1.165) is 34.1 Å². The summed E-state index contributed by atoms with van der Waals surface area (Å²) in [6.07, 6.45) is -4.94. The number of aromatic nitrogens is 3. The zero-order chi connectivity index (χ0) is 38.7. The molecular weight excluding hydrogens is 740 g/mol. The van der Waals surface area contributed by atoms with Crippen molar-refractivity contribution >= 4 is 37.6 Å². The van der Waals surface area contributed by atoms with Gasteiger partial charge in [0.2, 0.25) is 5.95 Å². The monoisotopic (exact) mass is 773 g/mol. The molecule has 0 N–H and O–H groups in total. The van der Waals surface area contributed by atoms with Gasteiger partial charge in [-0.2, -0.15) is 26.9 Å². The molecule has 1 aliphatic rings. The second-order valence-electron chi connectivity index (χ2n) is 12.1. The fourth-order valence-electron chi connectivity index (χ4n) is 5.84. The number of allylic oxidation sites excluding steroid dienone is 1. The highest BCUT2D eigenvalue weighted by Crippen LogP contribution is 2.43. The molecule has 5 rings (SSSR count). The van der Waals surface area contributed by atoms with Crippen LogP contribution in [-0.2, 0) is 46.4 Å². The number of fused-ring (bicyclic) bond motifs is 1. The number of alkyl halides is 3. The molecule has 1 atom stereocenters. The Balaban J connectivity index is 1.43. The molecule has 1 aliphatic heterocycles. The Bertz CT molecular complexity index is 2360. The third-order valence-corrected chi connectivity index (χ3v) is 11.6. The standard InChI is InChI=1S/C35H34F3N5O8S2/c1-23-9-15-29(16-10-23)53(48,49)51-18-6-20-52(46,47)19-5-17-41-34(45)43-31(26-13-11-25(22-39)12-14-26)30(32(44)50-3)24(2)42(33(43)40-41)28-8-4-7-27(21-28)35(36,37)38/h4,7-16,21,31H,5-6,17-20H2,1-3H3/t31-/m1/s1. The van der Waals surface area contributed by atoms with Crippen LogP contribution in [0.2, 0.25) is 0 Å². The first-order valence-corrected chi connectivity index (χ1v) is 19.3. The summed E-state index contributed by atoms with van der Waals surface area (Å²) < 4.78 is 104. The number of halogens is 3. The smallest absolute Gasteiger partial charge is 0.416 e. The largest absolute Gasteiger partial charge is 0.466 e. The van der Waals surface area contributed by atoms with Crippen LogP contribution >= 0.6 is 0 Å². The lowest BCUT2D eigenvalue weighted by Gasteiger charge is -2.35. The molecule has 0 saturated carbocycles. The van der Waals surface area contributed by atoms with Gasteiger partial charge in [-0.15, -0.1) is 5.10 Å². The van der Waals surface area contributed by atoms with Crippen LogP contribution in [0.1, 0.15) is 48.1 Å². The van der Waals surface area contributed by atoms with Gasteiger partial charge in [0.05, 0.1) is 52.9 Å². The van der Waals surface area contributed by atoms with E-state index in [9.17, 15) is 44.9 Å². The molecular formula is C35H34F3N5O8S2. The van der Waals surface area contributed by atoms with Gasteiger partial charge in [0, 0.05) is 17.9 Å².